The molecule has 27 heavy (non-hydrogen) atoms. The number of nitro groups is 1. The quantitative estimate of drug-likeness (QED) is 0.353. The summed E-state index contributed by atoms with van der Waals surface area (Å²) in [5, 5.41) is 19.0. The summed E-state index contributed by atoms with van der Waals surface area (Å²) >= 11 is 0. The molecule has 0 heterocycles. The van der Waals surface area contributed by atoms with Crippen molar-refractivity contribution in [2.75, 3.05) is 0 Å². The largest absolute Gasteiger partial charge is 0.296 e. The molecule has 0 unspecified atom stereocenters. The number of benzene rings is 1. The number of rotatable bonds is 3. The zero-order valence-corrected chi connectivity index (χ0v) is 14.7. The number of azo groups is 1. The van der Waals surface area contributed by atoms with Crippen molar-refractivity contribution >= 4 is 32.1 Å². The van der Waals surface area contributed by atoms with Crippen molar-refractivity contribution in [3.63, 3.8) is 0 Å². The minimum absolute atomic E-state index is 0.0317. The number of ketones is 1. The third kappa shape index (κ3) is 3.67. The summed E-state index contributed by atoms with van der Waals surface area (Å²) in [4.78, 5) is 22.6. The maximum atomic E-state index is 12.2. The topological polar surface area (TPSA) is 142 Å². The molecule has 9 nitrogen and oxygen atoms in total. The van der Waals surface area contributed by atoms with Crippen LogP contribution in [0.3, 0.4) is 0 Å². The molecular formula is C17H13N3O6S. The molecule has 2 N–H and O–H groups in total. The molecule has 0 saturated heterocycles. The van der Waals surface area contributed by atoms with Crippen molar-refractivity contribution in [2.24, 2.45) is 10.2 Å². The lowest BCUT2D eigenvalue weighted by molar-refractivity contribution is -0.384. The first-order valence-electron chi connectivity index (χ1n) is 7.57. The lowest BCUT2D eigenvalue weighted by Gasteiger charge is -2.16. The fourth-order valence-electron chi connectivity index (χ4n) is 2.56. The van der Waals surface area contributed by atoms with Crippen LogP contribution in [0.1, 0.15) is 5.56 Å². The average molecular weight is 387 g/mol. The summed E-state index contributed by atoms with van der Waals surface area (Å²) in [6, 6.07) is 4.44. The van der Waals surface area contributed by atoms with Gasteiger partial charge >= 0.3 is 0 Å². The zero-order chi connectivity index (χ0) is 19.8. The number of carbonyl (C=O) groups excluding carboxylic acids is 1. The highest BCUT2D eigenvalue weighted by Crippen LogP contribution is 2.33. The molecule has 3 rings (SSSR count). The number of fused-ring (bicyclic) bond motifs is 1. The Morgan fingerprint density at radius 1 is 1.11 bits per heavy atom. The van der Waals surface area contributed by atoms with E-state index in [9.17, 15) is 28.2 Å². The normalized spacial score (nSPS) is 16.8. The van der Waals surface area contributed by atoms with E-state index in [1.54, 1.807) is 13.0 Å². The SMILES string of the molecule is Cc1cccc([N+](=O)[O-])c1N=NC1=C2C=CC(=S(=O)(O)O)C=C2C=CC1=O. The number of nitro benzene ring substituents is 1. The molecule has 10 heteroatoms. The van der Waals surface area contributed by atoms with Crippen LogP contribution in [-0.4, -0.2) is 28.9 Å². The van der Waals surface area contributed by atoms with E-state index in [4.69, 9.17) is 0 Å². The van der Waals surface area contributed by atoms with Gasteiger partial charge < -0.3 is 0 Å². The fraction of sp³-hybridized carbons (Fsp3) is 0.0588. The van der Waals surface area contributed by atoms with Crippen LogP contribution in [-0.2, 0) is 14.9 Å². The van der Waals surface area contributed by atoms with E-state index in [1.165, 1.54) is 42.5 Å². The highest BCUT2D eigenvalue weighted by Gasteiger charge is 2.23. The summed E-state index contributed by atoms with van der Waals surface area (Å²) in [5.74, 6) is -0.469. The fourth-order valence-corrected chi connectivity index (χ4v) is 3.09. The van der Waals surface area contributed by atoms with Gasteiger partial charge in [0.1, 0.15) is 5.70 Å². The molecule has 0 radical (unpaired) electrons. The molecular weight excluding hydrogens is 374 g/mol. The summed E-state index contributed by atoms with van der Waals surface area (Å²) in [6.45, 7) is 1.63. The minimum Gasteiger partial charge on any atom is -0.293 e. The molecule has 0 atom stereocenters. The number of carbonyl (C=O) groups is 1. The number of hydrogen-bond acceptors (Lipinski definition) is 6. The lowest BCUT2D eigenvalue weighted by Crippen LogP contribution is -2.14. The van der Waals surface area contributed by atoms with E-state index >= 15 is 0 Å². The highest BCUT2D eigenvalue weighted by molar-refractivity contribution is 7.92. The standard InChI is InChI=1S/C17H13N3O6S/c1-10-3-2-4-14(20(22)23)16(10)18-19-17-13-7-6-12(27(24,25)26)9-11(13)5-8-15(17)21/h2-9H,1H3,(H2,24,25,26). The zero-order valence-electron chi connectivity index (χ0n) is 13.9. The third-order valence-corrected chi connectivity index (χ3v) is 4.76. The Labute approximate surface area is 153 Å². The van der Waals surface area contributed by atoms with Gasteiger partial charge in [0.2, 0.25) is 15.9 Å². The van der Waals surface area contributed by atoms with Crippen LogP contribution < -0.4 is 0 Å². The molecule has 0 aromatic heterocycles. The van der Waals surface area contributed by atoms with Crippen LogP contribution in [0, 0.1) is 17.0 Å². The molecule has 0 spiro atoms. The monoisotopic (exact) mass is 387 g/mol. The molecule has 2 aliphatic carbocycles. The maximum absolute atomic E-state index is 12.2. The molecule has 0 bridgehead atoms. The van der Waals surface area contributed by atoms with Gasteiger partial charge in [-0.1, -0.05) is 24.3 Å². The van der Waals surface area contributed by atoms with E-state index in [0.717, 1.165) is 0 Å². The maximum Gasteiger partial charge on any atom is 0.296 e. The van der Waals surface area contributed by atoms with Crippen molar-refractivity contribution in [1.29, 1.82) is 0 Å². The van der Waals surface area contributed by atoms with E-state index in [0.29, 0.717) is 16.7 Å². The van der Waals surface area contributed by atoms with Crippen LogP contribution in [0.2, 0.25) is 0 Å². The van der Waals surface area contributed by atoms with E-state index in [2.05, 4.69) is 10.2 Å². The van der Waals surface area contributed by atoms with Crippen LogP contribution in [0.25, 0.3) is 0 Å². The highest BCUT2D eigenvalue weighted by atomic mass is 32.2. The van der Waals surface area contributed by atoms with Gasteiger partial charge in [0.25, 0.3) is 5.69 Å². The molecule has 0 fully saturated rings. The summed E-state index contributed by atoms with van der Waals surface area (Å²) in [7, 11) is -4.15. The summed E-state index contributed by atoms with van der Waals surface area (Å²) in [5.41, 5.74) is 0.950. The number of allylic oxidation sites excluding steroid dienone is 7. The van der Waals surface area contributed by atoms with E-state index in [1.807, 2.05) is 0 Å². The van der Waals surface area contributed by atoms with Gasteiger partial charge in [0.15, 0.2) is 5.69 Å². The molecule has 0 saturated carbocycles. The predicted molar refractivity (Wildman–Crippen MR) is 99.2 cm³/mol. The Morgan fingerprint density at radius 2 is 1.85 bits per heavy atom. The Morgan fingerprint density at radius 3 is 2.52 bits per heavy atom. The Bertz CT molecular complexity index is 1140. The smallest absolute Gasteiger partial charge is 0.293 e. The second-order valence-electron chi connectivity index (χ2n) is 5.69. The molecule has 0 amide bonds. The molecule has 1 aromatic carbocycles. The Kier molecular flexibility index (Phi) is 4.70. The van der Waals surface area contributed by atoms with E-state index in [-0.39, 0.29) is 21.9 Å². The summed E-state index contributed by atoms with van der Waals surface area (Å²) in [6.07, 6.45) is 6.43. The minimum atomic E-state index is -4.15. The second kappa shape index (κ2) is 6.83. The number of nitrogens with zero attached hydrogens (tertiary/aromatic N) is 3. The van der Waals surface area contributed by atoms with Crippen molar-refractivity contribution in [2.45, 2.75) is 6.92 Å². The first-order valence-corrected chi connectivity index (χ1v) is 9.04. The van der Waals surface area contributed by atoms with Crippen molar-refractivity contribution < 1.29 is 23.0 Å². The number of hydrogen-bond donors (Lipinski definition) is 2. The van der Waals surface area contributed by atoms with Crippen LogP contribution in [0.4, 0.5) is 11.4 Å². The summed E-state index contributed by atoms with van der Waals surface area (Å²) < 4.78 is 29.9. The molecule has 1 aromatic rings. The van der Waals surface area contributed by atoms with E-state index < -0.39 is 20.8 Å². The second-order valence-corrected chi connectivity index (χ2v) is 7.16. The van der Waals surface area contributed by atoms with Crippen LogP contribution >= 0.6 is 0 Å². The van der Waals surface area contributed by atoms with Crippen molar-refractivity contribution in [1.82, 2.24) is 0 Å². The van der Waals surface area contributed by atoms with Crippen LogP contribution in [0.15, 0.2) is 75.7 Å². The lowest BCUT2D eigenvalue weighted by atomic mass is 9.92. The van der Waals surface area contributed by atoms with Crippen molar-refractivity contribution in [3.8, 4) is 0 Å². The Hall–Kier alpha value is -3.21. The average Bonchev–Trinajstić information content (AvgIpc) is 2.60. The Balaban J connectivity index is 2.11. The van der Waals surface area contributed by atoms with Gasteiger partial charge in [-0.2, -0.15) is 0 Å². The van der Waals surface area contributed by atoms with Gasteiger partial charge in [-0.15, -0.1) is 10.2 Å². The first-order chi connectivity index (χ1) is 12.7. The van der Waals surface area contributed by atoms with Gasteiger partial charge in [0.05, 0.1) is 9.79 Å². The van der Waals surface area contributed by atoms with Gasteiger partial charge in [-0.25, -0.2) is 4.21 Å². The predicted octanol–water partition coefficient (Wildman–Crippen LogP) is 3.28. The third-order valence-electron chi connectivity index (χ3n) is 3.90. The first kappa shape index (κ1) is 18.6. The van der Waals surface area contributed by atoms with Gasteiger partial charge in [0, 0.05) is 11.6 Å². The number of aryl methyl sites for hydroxylation is 1. The molecule has 2 aliphatic rings. The van der Waals surface area contributed by atoms with Crippen molar-refractivity contribution in [3.05, 3.63) is 81.1 Å². The molecule has 138 valence electrons. The van der Waals surface area contributed by atoms with Crippen LogP contribution in [0.5, 0.6) is 0 Å². The van der Waals surface area contributed by atoms with Gasteiger partial charge in [-0.3, -0.25) is 24.0 Å². The molecule has 0 aliphatic heterocycles. The van der Waals surface area contributed by atoms with Gasteiger partial charge in [-0.05, 0) is 36.3 Å².